The van der Waals surface area contributed by atoms with Crippen molar-refractivity contribution >= 4 is 23.5 Å². The molecule has 0 bridgehead atoms. The first-order chi connectivity index (χ1) is 12.5. The number of hydrogen-bond acceptors (Lipinski definition) is 7. The van der Waals surface area contributed by atoms with Crippen LogP contribution >= 0.6 is 0 Å². The van der Waals surface area contributed by atoms with Crippen molar-refractivity contribution in [1.29, 1.82) is 0 Å². The van der Waals surface area contributed by atoms with Crippen LogP contribution in [0.3, 0.4) is 0 Å². The molecule has 0 fully saturated rings. The molecule has 0 unspecified atom stereocenters. The second-order valence-corrected chi connectivity index (χ2v) is 5.25. The second kappa shape index (κ2) is 7.18. The SMILES string of the molecule is COc1cc(C(=O)Nc2ccc3c(n2)NC(=O)CO3)cc(OC)c1OC. The maximum absolute atomic E-state index is 12.6. The molecule has 136 valence electrons. The number of rotatable bonds is 5. The highest BCUT2D eigenvalue weighted by Gasteiger charge is 2.20. The Labute approximate surface area is 149 Å². The Morgan fingerprint density at radius 2 is 1.85 bits per heavy atom. The first-order valence-corrected chi connectivity index (χ1v) is 7.60. The van der Waals surface area contributed by atoms with Gasteiger partial charge in [0.2, 0.25) is 5.75 Å². The van der Waals surface area contributed by atoms with E-state index in [1.807, 2.05) is 0 Å². The Balaban J connectivity index is 1.86. The summed E-state index contributed by atoms with van der Waals surface area (Å²) in [5.41, 5.74) is 0.291. The van der Waals surface area contributed by atoms with Crippen LogP contribution in [0.25, 0.3) is 0 Å². The quantitative estimate of drug-likeness (QED) is 0.836. The van der Waals surface area contributed by atoms with Crippen LogP contribution < -0.4 is 29.6 Å². The Morgan fingerprint density at radius 3 is 2.46 bits per heavy atom. The lowest BCUT2D eigenvalue weighted by atomic mass is 10.1. The van der Waals surface area contributed by atoms with E-state index < -0.39 is 5.91 Å². The van der Waals surface area contributed by atoms with Crippen molar-refractivity contribution in [3.63, 3.8) is 0 Å². The number of aromatic nitrogens is 1. The summed E-state index contributed by atoms with van der Waals surface area (Å²) in [7, 11) is 4.41. The number of pyridine rings is 1. The number of hydrogen-bond donors (Lipinski definition) is 2. The fraction of sp³-hybridized carbons (Fsp3) is 0.235. The minimum atomic E-state index is -0.431. The molecular formula is C17H17N3O6. The number of benzene rings is 1. The molecule has 0 atom stereocenters. The van der Waals surface area contributed by atoms with Gasteiger partial charge in [0.05, 0.1) is 21.3 Å². The molecule has 2 N–H and O–H groups in total. The van der Waals surface area contributed by atoms with Crippen molar-refractivity contribution in [1.82, 2.24) is 4.98 Å². The number of nitrogens with zero attached hydrogens (tertiary/aromatic N) is 1. The molecule has 2 amide bonds. The molecule has 1 aromatic heterocycles. The summed E-state index contributed by atoms with van der Waals surface area (Å²) in [4.78, 5) is 28.1. The lowest BCUT2D eigenvalue weighted by Crippen LogP contribution is -2.26. The van der Waals surface area contributed by atoms with Gasteiger partial charge in [-0.15, -0.1) is 0 Å². The van der Waals surface area contributed by atoms with Crippen LogP contribution in [0.5, 0.6) is 23.0 Å². The minimum Gasteiger partial charge on any atom is -0.493 e. The molecule has 0 aliphatic carbocycles. The zero-order valence-electron chi connectivity index (χ0n) is 14.4. The second-order valence-electron chi connectivity index (χ2n) is 5.25. The predicted molar refractivity (Wildman–Crippen MR) is 92.4 cm³/mol. The highest BCUT2D eigenvalue weighted by atomic mass is 16.5. The number of methoxy groups -OCH3 is 3. The maximum atomic E-state index is 12.6. The van der Waals surface area contributed by atoms with Gasteiger partial charge in [-0.2, -0.15) is 0 Å². The molecule has 1 aliphatic heterocycles. The Morgan fingerprint density at radius 1 is 1.15 bits per heavy atom. The lowest BCUT2D eigenvalue weighted by Gasteiger charge is -2.17. The van der Waals surface area contributed by atoms with E-state index in [9.17, 15) is 9.59 Å². The van der Waals surface area contributed by atoms with E-state index in [2.05, 4.69) is 15.6 Å². The third kappa shape index (κ3) is 3.32. The highest BCUT2D eigenvalue weighted by Crippen LogP contribution is 2.38. The fourth-order valence-corrected chi connectivity index (χ4v) is 2.43. The van der Waals surface area contributed by atoms with Crippen molar-refractivity contribution in [2.24, 2.45) is 0 Å². The number of fused-ring (bicyclic) bond motifs is 1. The van der Waals surface area contributed by atoms with Gasteiger partial charge in [0.25, 0.3) is 11.8 Å². The van der Waals surface area contributed by atoms with E-state index in [4.69, 9.17) is 18.9 Å². The van der Waals surface area contributed by atoms with Crippen molar-refractivity contribution in [2.45, 2.75) is 0 Å². The number of anilines is 2. The van der Waals surface area contributed by atoms with Crippen LogP contribution in [0.15, 0.2) is 24.3 Å². The number of carbonyl (C=O) groups excluding carboxylic acids is 2. The summed E-state index contributed by atoms with van der Waals surface area (Å²) in [6.45, 7) is -0.0637. The number of nitrogens with one attached hydrogen (secondary N) is 2. The van der Waals surface area contributed by atoms with E-state index in [1.54, 1.807) is 12.1 Å². The molecule has 1 aliphatic rings. The van der Waals surface area contributed by atoms with Crippen molar-refractivity contribution in [2.75, 3.05) is 38.6 Å². The van der Waals surface area contributed by atoms with Gasteiger partial charge in [-0.3, -0.25) is 9.59 Å². The van der Waals surface area contributed by atoms with Crippen molar-refractivity contribution in [3.05, 3.63) is 29.8 Å². The molecule has 0 radical (unpaired) electrons. The molecule has 26 heavy (non-hydrogen) atoms. The third-order valence-electron chi connectivity index (χ3n) is 3.64. The molecule has 0 saturated carbocycles. The minimum absolute atomic E-state index is 0.0637. The van der Waals surface area contributed by atoms with Gasteiger partial charge < -0.3 is 29.6 Å². The monoisotopic (exact) mass is 359 g/mol. The third-order valence-corrected chi connectivity index (χ3v) is 3.64. The summed E-state index contributed by atoms with van der Waals surface area (Å²) in [6.07, 6.45) is 0. The Hall–Kier alpha value is -3.49. The number of amides is 2. The summed E-state index contributed by atoms with van der Waals surface area (Å²) < 4.78 is 21.0. The van der Waals surface area contributed by atoms with E-state index in [1.165, 1.54) is 33.5 Å². The fourth-order valence-electron chi connectivity index (χ4n) is 2.43. The molecule has 0 saturated heterocycles. The van der Waals surface area contributed by atoms with Gasteiger partial charge in [-0.05, 0) is 24.3 Å². The van der Waals surface area contributed by atoms with Gasteiger partial charge in [-0.25, -0.2) is 4.98 Å². The average molecular weight is 359 g/mol. The molecule has 0 spiro atoms. The summed E-state index contributed by atoms with van der Waals surface area (Å²) in [5, 5.41) is 5.24. The van der Waals surface area contributed by atoms with Crippen LogP contribution in [0.2, 0.25) is 0 Å². The maximum Gasteiger partial charge on any atom is 0.263 e. The molecule has 9 nitrogen and oxygen atoms in total. The number of ether oxygens (including phenoxy) is 4. The normalized spacial score (nSPS) is 12.3. The highest BCUT2D eigenvalue weighted by molar-refractivity contribution is 6.05. The summed E-state index contributed by atoms with van der Waals surface area (Å²) >= 11 is 0. The standard InChI is InChI=1S/C17H17N3O6/c1-23-11-6-9(7-12(24-2)15(11)25-3)17(22)19-13-5-4-10-16(18-13)20-14(21)8-26-10/h4-7H,8H2,1-3H3,(H2,18,19,20,21,22). The Kier molecular flexibility index (Phi) is 4.78. The number of carbonyl (C=O) groups is 2. The van der Waals surface area contributed by atoms with Gasteiger partial charge in [0, 0.05) is 5.56 Å². The van der Waals surface area contributed by atoms with E-state index in [0.717, 1.165) is 0 Å². The van der Waals surface area contributed by atoms with Crippen LogP contribution in [-0.4, -0.2) is 44.7 Å². The molecule has 2 aromatic rings. The zero-order chi connectivity index (χ0) is 18.7. The first-order valence-electron chi connectivity index (χ1n) is 7.60. The van der Waals surface area contributed by atoms with Crippen molar-refractivity contribution in [3.8, 4) is 23.0 Å². The average Bonchev–Trinajstić information content (AvgIpc) is 2.66. The molecule has 3 rings (SSSR count). The molecule has 2 heterocycles. The predicted octanol–water partition coefficient (Wildman–Crippen LogP) is 1.69. The van der Waals surface area contributed by atoms with E-state index >= 15 is 0 Å². The van der Waals surface area contributed by atoms with Crippen LogP contribution in [0.4, 0.5) is 11.6 Å². The zero-order valence-corrected chi connectivity index (χ0v) is 14.4. The lowest BCUT2D eigenvalue weighted by molar-refractivity contribution is -0.118. The first kappa shape index (κ1) is 17.3. The summed E-state index contributed by atoms with van der Waals surface area (Å²) in [6, 6.07) is 6.25. The van der Waals surface area contributed by atoms with Crippen LogP contribution in [0, 0.1) is 0 Å². The molecular weight excluding hydrogens is 342 g/mol. The van der Waals surface area contributed by atoms with Gasteiger partial charge in [0.1, 0.15) is 5.82 Å². The summed E-state index contributed by atoms with van der Waals surface area (Å²) in [5.74, 6) is 1.32. The van der Waals surface area contributed by atoms with E-state index in [0.29, 0.717) is 28.6 Å². The van der Waals surface area contributed by atoms with Crippen LogP contribution in [0.1, 0.15) is 10.4 Å². The Bertz CT molecular complexity index is 843. The molecule has 9 heteroatoms. The van der Waals surface area contributed by atoms with E-state index in [-0.39, 0.29) is 24.1 Å². The van der Waals surface area contributed by atoms with Gasteiger partial charge in [0.15, 0.2) is 29.7 Å². The van der Waals surface area contributed by atoms with Crippen LogP contribution in [-0.2, 0) is 4.79 Å². The van der Waals surface area contributed by atoms with Gasteiger partial charge >= 0.3 is 0 Å². The topological polar surface area (TPSA) is 108 Å². The van der Waals surface area contributed by atoms with Crippen molar-refractivity contribution < 1.29 is 28.5 Å². The largest absolute Gasteiger partial charge is 0.493 e. The van der Waals surface area contributed by atoms with Gasteiger partial charge in [-0.1, -0.05) is 0 Å². The smallest absolute Gasteiger partial charge is 0.263 e. The molecule has 1 aromatic carbocycles.